The van der Waals surface area contributed by atoms with Crippen molar-refractivity contribution in [1.29, 1.82) is 0 Å². The largest absolute Gasteiger partial charge is 0.467 e. The highest BCUT2D eigenvalue weighted by molar-refractivity contribution is 5.99. The first-order valence-electron chi connectivity index (χ1n) is 6.27. The zero-order chi connectivity index (χ0) is 13.4. The fraction of sp³-hybridized carbons (Fsp3) is 0.0714. The summed E-state index contributed by atoms with van der Waals surface area (Å²) in [5, 5.41) is 17.8. The second kappa shape index (κ2) is 4.34. The van der Waals surface area contributed by atoms with Crippen molar-refractivity contribution < 1.29 is 4.42 Å². The SMILES string of the molecule is c1coc(CNc2nn3cnnc3c3ccccc23)c1. The van der Waals surface area contributed by atoms with Crippen LogP contribution in [0, 0.1) is 0 Å². The zero-order valence-electron chi connectivity index (χ0n) is 10.5. The Balaban J connectivity index is 1.83. The van der Waals surface area contributed by atoms with Gasteiger partial charge in [0.25, 0.3) is 0 Å². The third-order valence-electron chi connectivity index (χ3n) is 3.17. The van der Waals surface area contributed by atoms with Gasteiger partial charge in [0.1, 0.15) is 12.1 Å². The molecule has 0 radical (unpaired) electrons. The molecule has 0 amide bonds. The van der Waals surface area contributed by atoms with E-state index in [0.717, 1.165) is 28.0 Å². The number of furan rings is 1. The van der Waals surface area contributed by atoms with Crippen molar-refractivity contribution in [3.63, 3.8) is 0 Å². The lowest BCUT2D eigenvalue weighted by molar-refractivity contribution is 0.517. The van der Waals surface area contributed by atoms with E-state index >= 15 is 0 Å². The fourth-order valence-electron chi connectivity index (χ4n) is 2.24. The third-order valence-corrected chi connectivity index (χ3v) is 3.17. The van der Waals surface area contributed by atoms with Crippen LogP contribution >= 0.6 is 0 Å². The van der Waals surface area contributed by atoms with Gasteiger partial charge in [-0.3, -0.25) is 0 Å². The van der Waals surface area contributed by atoms with Crippen molar-refractivity contribution in [2.24, 2.45) is 0 Å². The van der Waals surface area contributed by atoms with Gasteiger partial charge in [0.05, 0.1) is 12.8 Å². The number of hydrogen-bond donors (Lipinski definition) is 1. The molecule has 0 fully saturated rings. The van der Waals surface area contributed by atoms with E-state index in [1.165, 1.54) is 0 Å². The summed E-state index contributed by atoms with van der Waals surface area (Å²) in [6.45, 7) is 0.581. The number of hydrogen-bond acceptors (Lipinski definition) is 5. The van der Waals surface area contributed by atoms with Crippen molar-refractivity contribution in [2.45, 2.75) is 6.54 Å². The van der Waals surface area contributed by atoms with E-state index in [-0.39, 0.29) is 0 Å². The van der Waals surface area contributed by atoms with Gasteiger partial charge in [-0.15, -0.1) is 15.3 Å². The Morgan fingerprint density at radius 3 is 2.85 bits per heavy atom. The maximum absolute atomic E-state index is 5.32. The lowest BCUT2D eigenvalue weighted by Gasteiger charge is -2.08. The van der Waals surface area contributed by atoms with Crippen LogP contribution in [0.5, 0.6) is 0 Å². The quantitative estimate of drug-likeness (QED) is 0.616. The summed E-state index contributed by atoms with van der Waals surface area (Å²) >= 11 is 0. The standard InChI is InChI=1S/C14H11N5O/c1-2-6-12-11(5-1)13(15-8-10-4-3-7-20-10)18-19-9-16-17-14(12)19/h1-7,9H,8H2,(H,15,18). The maximum Gasteiger partial charge on any atom is 0.185 e. The molecule has 98 valence electrons. The third kappa shape index (κ3) is 1.70. The molecule has 4 rings (SSSR count). The summed E-state index contributed by atoms with van der Waals surface area (Å²) in [5.74, 6) is 1.64. The highest BCUT2D eigenvalue weighted by atomic mass is 16.3. The van der Waals surface area contributed by atoms with E-state index in [4.69, 9.17) is 4.42 Å². The van der Waals surface area contributed by atoms with Gasteiger partial charge in [-0.1, -0.05) is 24.3 Å². The maximum atomic E-state index is 5.32. The van der Waals surface area contributed by atoms with Crippen molar-refractivity contribution in [2.75, 3.05) is 5.32 Å². The minimum absolute atomic E-state index is 0.581. The monoisotopic (exact) mass is 265 g/mol. The molecule has 1 N–H and O–H groups in total. The van der Waals surface area contributed by atoms with Crippen molar-refractivity contribution >= 4 is 22.2 Å². The van der Waals surface area contributed by atoms with Crippen LogP contribution in [-0.4, -0.2) is 19.8 Å². The highest BCUT2D eigenvalue weighted by Crippen LogP contribution is 2.24. The highest BCUT2D eigenvalue weighted by Gasteiger charge is 2.09. The Morgan fingerprint density at radius 2 is 2.00 bits per heavy atom. The summed E-state index contributed by atoms with van der Waals surface area (Å²) in [5.41, 5.74) is 0.754. The van der Waals surface area contributed by atoms with Crippen LogP contribution in [0.3, 0.4) is 0 Å². The summed E-state index contributed by atoms with van der Waals surface area (Å²) in [7, 11) is 0. The molecule has 3 aromatic heterocycles. The minimum atomic E-state index is 0.581. The van der Waals surface area contributed by atoms with Crippen LogP contribution in [0.15, 0.2) is 53.4 Å². The molecule has 6 heteroatoms. The summed E-state index contributed by atoms with van der Waals surface area (Å²) in [6, 6.07) is 11.8. The van der Waals surface area contributed by atoms with Crippen molar-refractivity contribution in [3.05, 3.63) is 54.7 Å². The Bertz CT molecular complexity index is 866. The number of rotatable bonds is 3. The summed E-state index contributed by atoms with van der Waals surface area (Å²) in [4.78, 5) is 0. The van der Waals surface area contributed by atoms with E-state index in [2.05, 4.69) is 20.6 Å². The number of nitrogens with one attached hydrogen (secondary N) is 1. The first-order valence-corrected chi connectivity index (χ1v) is 6.27. The minimum Gasteiger partial charge on any atom is -0.467 e. The number of benzene rings is 1. The Hall–Kier alpha value is -2.89. The Labute approximate surface area is 114 Å². The molecule has 0 saturated carbocycles. The van der Waals surface area contributed by atoms with Crippen LogP contribution in [0.1, 0.15) is 5.76 Å². The van der Waals surface area contributed by atoms with E-state index in [1.807, 2.05) is 36.4 Å². The first-order chi connectivity index (χ1) is 9.92. The molecule has 6 nitrogen and oxygen atoms in total. The van der Waals surface area contributed by atoms with E-state index in [9.17, 15) is 0 Å². The molecule has 20 heavy (non-hydrogen) atoms. The molecule has 1 aromatic carbocycles. The number of aromatic nitrogens is 4. The second-order valence-electron chi connectivity index (χ2n) is 4.43. The molecule has 3 heterocycles. The number of fused-ring (bicyclic) bond motifs is 3. The molecule has 0 aliphatic rings. The lowest BCUT2D eigenvalue weighted by Crippen LogP contribution is -2.04. The van der Waals surface area contributed by atoms with Crippen LogP contribution < -0.4 is 5.32 Å². The molecule has 0 bridgehead atoms. The fourth-order valence-corrected chi connectivity index (χ4v) is 2.24. The molecular weight excluding hydrogens is 254 g/mol. The predicted molar refractivity (Wildman–Crippen MR) is 74.3 cm³/mol. The Morgan fingerprint density at radius 1 is 1.10 bits per heavy atom. The topological polar surface area (TPSA) is 68.2 Å². The molecule has 0 spiro atoms. The first kappa shape index (κ1) is 11.0. The van der Waals surface area contributed by atoms with Gasteiger partial charge in [-0.05, 0) is 12.1 Å². The summed E-state index contributed by atoms with van der Waals surface area (Å²) in [6.07, 6.45) is 3.26. The molecule has 0 aliphatic heterocycles. The van der Waals surface area contributed by atoms with Gasteiger partial charge in [0, 0.05) is 10.8 Å². The number of anilines is 1. The second-order valence-corrected chi connectivity index (χ2v) is 4.43. The van der Waals surface area contributed by atoms with Crippen LogP contribution in [0.2, 0.25) is 0 Å². The van der Waals surface area contributed by atoms with E-state index in [0.29, 0.717) is 6.54 Å². The average molecular weight is 265 g/mol. The normalized spacial score (nSPS) is 11.2. The molecule has 0 aliphatic carbocycles. The van der Waals surface area contributed by atoms with Crippen LogP contribution in [0.25, 0.3) is 16.4 Å². The van der Waals surface area contributed by atoms with Gasteiger partial charge >= 0.3 is 0 Å². The molecule has 0 saturated heterocycles. The molecule has 0 unspecified atom stereocenters. The molecule has 0 atom stereocenters. The van der Waals surface area contributed by atoms with Gasteiger partial charge in [0.15, 0.2) is 11.5 Å². The number of nitrogens with zero attached hydrogens (tertiary/aromatic N) is 4. The van der Waals surface area contributed by atoms with Crippen LogP contribution in [0.4, 0.5) is 5.82 Å². The van der Waals surface area contributed by atoms with Crippen molar-refractivity contribution in [1.82, 2.24) is 19.8 Å². The Kier molecular flexibility index (Phi) is 2.38. The van der Waals surface area contributed by atoms with Gasteiger partial charge in [0.2, 0.25) is 0 Å². The van der Waals surface area contributed by atoms with Crippen LogP contribution in [-0.2, 0) is 6.54 Å². The zero-order valence-corrected chi connectivity index (χ0v) is 10.5. The van der Waals surface area contributed by atoms with E-state index < -0.39 is 0 Å². The van der Waals surface area contributed by atoms with Gasteiger partial charge < -0.3 is 9.73 Å². The predicted octanol–water partition coefficient (Wildman–Crippen LogP) is 2.48. The smallest absolute Gasteiger partial charge is 0.185 e. The van der Waals surface area contributed by atoms with E-state index in [1.54, 1.807) is 17.1 Å². The average Bonchev–Trinajstić information content (AvgIpc) is 3.16. The van der Waals surface area contributed by atoms with Gasteiger partial charge in [-0.25, -0.2) is 0 Å². The summed E-state index contributed by atoms with van der Waals surface area (Å²) < 4.78 is 6.99. The lowest BCUT2D eigenvalue weighted by atomic mass is 10.2. The molecule has 4 aromatic rings. The van der Waals surface area contributed by atoms with Gasteiger partial charge in [-0.2, -0.15) is 4.52 Å². The van der Waals surface area contributed by atoms with Crippen molar-refractivity contribution in [3.8, 4) is 0 Å². The molecular formula is C14H11N5O.